The van der Waals surface area contributed by atoms with E-state index in [2.05, 4.69) is 15.3 Å². The fourth-order valence-corrected chi connectivity index (χ4v) is 2.81. The molecule has 2 unspecified atom stereocenters. The van der Waals surface area contributed by atoms with Crippen LogP contribution in [0, 0.1) is 0 Å². The van der Waals surface area contributed by atoms with Crippen molar-refractivity contribution in [1.82, 2.24) is 15.3 Å². The molecule has 2 heterocycles. The molecule has 2 rings (SSSR count). The zero-order valence-corrected chi connectivity index (χ0v) is 10.9. The average molecular weight is 282 g/mol. The van der Waals surface area contributed by atoms with Crippen LogP contribution in [0.1, 0.15) is 12.8 Å². The van der Waals surface area contributed by atoms with Crippen LogP contribution < -0.4 is 5.32 Å². The molecule has 0 aliphatic carbocycles. The van der Waals surface area contributed by atoms with Gasteiger partial charge in [0.25, 0.3) is 0 Å². The van der Waals surface area contributed by atoms with Gasteiger partial charge in [0.2, 0.25) is 5.16 Å². The molecule has 1 aliphatic rings. The van der Waals surface area contributed by atoms with Crippen molar-refractivity contribution in [2.75, 3.05) is 12.3 Å². The molecule has 0 spiro atoms. The molecule has 0 aromatic carbocycles. The standard InChI is InChI=1S/C9H12ClN3OS.ClH/c10-7-4-12-9(13-5-7)15(14)6-8-2-1-3-11-8;/h4-5,8,11H,1-3,6H2;1H. The minimum absolute atomic E-state index is 0. The van der Waals surface area contributed by atoms with Crippen molar-refractivity contribution in [3.05, 3.63) is 17.4 Å². The number of aromatic nitrogens is 2. The van der Waals surface area contributed by atoms with Crippen molar-refractivity contribution in [3.8, 4) is 0 Å². The Hall–Kier alpha value is -0.230. The highest BCUT2D eigenvalue weighted by Crippen LogP contribution is 2.10. The summed E-state index contributed by atoms with van der Waals surface area (Å²) in [4.78, 5) is 7.90. The molecule has 1 fully saturated rings. The fourth-order valence-electron chi connectivity index (χ4n) is 1.57. The summed E-state index contributed by atoms with van der Waals surface area (Å²) < 4.78 is 11.8. The van der Waals surface area contributed by atoms with Gasteiger partial charge in [0.1, 0.15) is 0 Å². The molecule has 0 bridgehead atoms. The third-order valence-electron chi connectivity index (χ3n) is 2.32. The minimum atomic E-state index is -1.12. The van der Waals surface area contributed by atoms with Gasteiger partial charge in [-0.1, -0.05) is 11.6 Å². The van der Waals surface area contributed by atoms with E-state index in [-0.39, 0.29) is 12.4 Å². The number of hydrogen-bond acceptors (Lipinski definition) is 4. The Morgan fingerprint density at radius 1 is 1.50 bits per heavy atom. The number of rotatable bonds is 3. The zero-order chi connectivity index (χ0) is 10.7. The van der Waals surface area contributed by atoms with Crippen LogP contribution in [0.3, 0.4) is 0 Å². The van der Waals surface area contributed by atoms with Crippen LogP contribution in [0.5, 0.6) is 0 Å². The minimum Gasteiger partial charge on any atom is -0.313 e. The van der Waals surface area contributed by atoms with Gasteiger partial charge in [-0.05, 0) is 19.4 Å². The number of hydrogen-bond donors (Lipinski definition) is 1. The van der Waals surface area contributed by atoms with Crippen molar-refractivity contribution in [3.63, 3.8) is 0 Å². The molecule has 1 saturated heterocycles. The first-order valence-corrected chi connectivity index (χ1v) is 6.55. The number of nitrogens with one attached hydrogen (secondary N) is 1. The van der Waals surface area contributed by atoms with E-state index in [1.807, 2.05) is 0 Å². The second-order valence-electron chi connectivity index (χ2n) is 3.49. The van der Waals surface area contributed by atoms with Crippen molar-refractivity contribution in [1.29, 1.82) is 0 Å². The zero-order valence-electron chi connectivity index (χ0n) is 8.56. The smallest absolute Gasteiger partial charge is 0.218 e. The van der Waals surface area contributed by atoms with Gasteiger partial charge in [-0.25, -0.2) is 9.97 Å². The Balaban J connectivity index is 0.00000128. The van der Waals surface area contributed by atoms with Crippen LogP contribution in [0.2, 0.25) is 5.02 Å². The summed E-state index contributed by atoms with van der Waals surface area (Å²) >= 11 is 5.65. The highest BCUT2D eigenvalue weighted by Gasteiger charge is 2.18. The Kier molecular flexibility index (Phi) is 5.61. The summed E-state index contributed by atoms with van der Waals surface area (Å²) in [6.45, 7) is 1.02. The lowest BCUT2D eigenvalue weighted by Gasteiger charge is -2.08. The van der Waals surface area contributed by atoms with Crippen molar-refractivity contribution in [2.45, 2.75) is 24.0 Å². The van der Waals surface area contributed by atoms with Gasteiger partial charge in [-0.2, -0.15) is 0 Å². The van der Waals surface area contributed by atoms with Gasteiger partial charge in [-0.3, -0.25) is 4.21 Å². The van der Waals surface area contributed by atoms with Crippen molar-refractivity contribution < 1.29 is 4.21 Å². The maximum Gasteiger partial charge on any atom is 0.218 e. The van der Waals surface area contributed by atoms with Crippen LogP contribution in [0.25, 0.3) is 0 Å². The molecule has 7 heteroatoms. The van der Waals surface area contributed by atoms with Crippen LogP contribution in [0.15, 0.2) is 17.6 Å². The third kappa shape index (κ3) is 3.66. The van der Waals surface area contributed by atoms with E-state index in [4.69, 9.17) is 11.6 Å². The molecule has 1 aliphatic heterocycles. The van der Waals surface area contributed by atoms with Crippen molar-refractivity contribution in [2.24, 2.45) is 0 Å². The molecule has 0 saturated carbocycles. The molecule has 4 nitrogen and oxygen atoms in total. The normalized spacial score (nSPS) is 21.4. The van der Waals surface area contributed by atoms with E-state index in [1.54, 1.807) is 0 Å². The lowest BCUT2D eigenvalue weighted by molar-refractivity contribution is 0.638. The largest absolute Gasteiger partial charge is 0.313 e. The molecule has 2 atom stereocenters. The van der Waals surface area contributed by atoms with Crippen LogP contribution >= 0.6 is 24.0 Å². The molecule has 0 radical (unpaired) electrons. The molecule has 1 aromatic rings. The van der Waals surface area contributed by atoms with E-state index in [0.29, 0.717) is 22.0 Å². The summed E-state index contributed by atoms with van der Waals surface area (Å²) in [5.41, 5.74) is 0. The summed E-state index contributed by atoms with van der Waals surface area (Å²) in [7, 11) is -1.12. The maximum atomic E-state index is 11.8. The molecule has 0 amide bonds. The second kappa shape index (κ2) is 6.49. The van der Waals surface area contributed by atoms with Gasteiger partial charge in [0, 0.05) is 11.8 Å². The second-order valence-corrected chi connectivity index (χ2v) is 5.32. The summed E-state index contributed by atoms with van der Waals surface area (Å²) in [6.07, 6.45) is 5.19. The SMILES string of the molecule is Cl.O=S(CC1CCCN1)c1ncc(Cl)cn1. The maximum absolute atomic E-state index is 11.8. The van der Waals surface area contributed by atoms with E-state index >= 15 is 0 Å². The van der Waals surface area contributed by atoms with Crippen molar-refractivity contribution >= 4 is 34.8 Å². The topological polar surface area (TPSA) is 54.9 Å². The molecular formula is C9H13Cl2N3OS. The summed E-state index contributed by atoms with van der Waals surface area (Å²) in [5.74, 6) is 0.585. The van der Waals surface area contributed by atoms with Gasteiger partial charge in [0.05, 0.1) is 28.2 Å². The Labute approximate surface area is 108 Å². The van der Waals surface area contributed by atoms with E-state index in [9.17, 15) is 4.21 Å². The predicted molar refractivity (Wildman–Crippen MR) is 66.6 cm³/mol. The Morgan fingerprint density at radius 2 is 2.19 bits per heavy atom. The third-order valence-corrected chi connectivity index (χ3v) is 3.83. The number of nitrogens with zero attached hydrogens (tertiary/aromatic N) is 2. The quantitative estimate of drug-likeness (QED) is 0.852. The lowest BCUT2D eigenvalue weighted by atomic mass is 10.3. The molecule has 16 heavy (non-hydrogen) atoms. The van der Waals surface area contributed by atoms with Gasteiger partial charge in [0.15, 0.2) is 0 Å². The van der Waals surface area contributed by atoms with Gasteiger partial charge in [-0.15, -0.1) is 12.4 Å². The van der Waals surface area contributed by atoms with Crippen LogP contribution in [0.4, 0.5) is 0 Å². The Bertz CT molecular complexity index is 354. The predicted octanol–water partition coefficient (Wildman–Crippen LogP) is 1.41. The molecular weight excluding hydrogens is 269 g/mol. The highest BCUT2D eigenvalue weighted by molar-refractivity contribution is 7.84. The van der Waals surface area contributed by atoms with Crippen LogP contribution in [-0.2, 0) is 10.8 Å². The van der Waals surface area contributed by atoms with Gasteiger partial charge < -0.3 is 5.32 Å². The first kappa shape index (κ1) is 13.8. The van der Waals surface area contributed by atoms with E-state index in [1.165, 1.54) is 12.4 Å². The monoisotopic (exact) mass is 281 g/mol. The molecule has 1 aromatic heterocycles. The molecule has 1 N–H and O–H groups in total. The van der Waals surface area contributed by atoms with Crippen LogP contribution in [-0.4, -0.2) is 32.5 Å². The summed E-state index contributed by atoms with van der Waals surface area (Å²) in [5, 5.41) is 4.13. The fraction of sp³-hybridized carbons (Fsp3) is 0.556. The first-order valence-electron chi connectivity index (χ1n) is 4.85. The van der Waals surface area contributed by atoms with E-state index < -0.39 is 10.8 Å². The average Bonchev–Trinajstić information content (AvgIpc) is 2.71. The summed E-state index contributed by atoms with van der Waals surface area (Å²) in [6, 6.07) is 0.338. The Morgan fingerprint density at radius 3 is 2.75 bits per heavy atom. The highest BCUT2D eigenvalue weighted by atomic mass is 35.5. The first-order chi connectivity index (χ1) is 7.25. The number of halogens is 2. The molecule has 90 valence electrons. The van der Waals surface area contributed by atoms with E-state index in [0.717, 1.165) is 19.4 Å². The van der Waals surface area contributed by atoms with Gasteiger partial charge >= 0.3 is 0 Å². The lowest BCUT2D eigenvalue weighted by Crippen LogP contribution is -2.28.